The molecule has 19 heavy (non-hydrogen) atoms. The average Bonchev–Trinajstić information content (AvgIpc) is 2.36. The Morgan fingerprint density at radius 3 is 2.79 bits per heavy atom. The van der Waals surface area contributed by atoms with E-state index in [-0.39, 0.29) is 0 Å². The minimum atomic E-state index is -0.938. The van der Waals surface area contributed by atoms with Crippen LogP contribution in [0.4, 0.5) is 0 Å². The summed E-state index contributed by atoms with van der Waals surface area (Å²) in [6.07, 6.45) is 2.74. The van der Waals surface area contributed by atoms with E-state index < -0.39 is 5.97 Å². The zero-order valence-electron chi connectivity index (χ0n) is 11.6. The van der Waals surface area contributed by atoms with Gasteiger partial charge in [-0.1, -0.05) is 19.9 Å². The van der Waals surface area contributed by atoms with E-state index >= 15 is 0 Å². The average molecular weight is 280 g/mol. The van der Waals surface area contributed by atoms with Crippen molar-refractivity contribution in [2.75, 3.05) is 12.9 Å². The highest BCUT2D eigenvalue weighted by Crippen LogP contribution is 2.26. The van der Waals surface area contributed by atoms with Crippen LogP contribution < -0.4 is 4.74 Å². The normalized spacial score (nSPS) is 11.2. The summed E-state index contributed by atoms with van der Waals surface area (Å²) in [6, 6.07) is 5.72. The zero-order chi connectivity index (χ0) is 14.3. The van der Waals surface area contributed by atoms with Crippen LogP contribution in [0, 0.1) is 5.92 Å². The maximum Gasteiger partial charge on any atom is 0.328 e. The van der Waals surface area contributed by atoms with Crippen LogP contribution >= 0.6 is 11.8 Å². The number of aliphatic carboxylic acids is 1. The molecule has 0 saturated carbocycles. The topological polar surface area (TPSA) is 46.5 Å². The molecule has 0 fully saturated rings. The summed E-state index contributed by atoms with van der Waals surface area (Å²) >= 11 is 1.86. The van der Waals surface area contributed by atoms with Crippen LogP contribution in [0.2, 0.25) is 0 Å². The van der Waals surface area contributed by atoms with E-state index in [1.54, 1.807) is 13.2 Å². The third-order valence-corrected chi connectivity index (χ3v) is 3.85. The molecule has 0 radical (unpaired) electrons. The molecular formula is C15H20O3S. The predicted molar refractivity (Wildman–Crippen MR) is 80.7 cm³/mol. The van der Waals surface area contributed by atoms with Crippen LogP contribution in [-0.2, 0) is 10.5 Å². The molecule has 0 atom stereocenters. The quantitative estimate of drug-likeness (QED) is 0.774. The van der Waals surface area contributed by atoms with Gasteiger partial charge in [-0.2, -0.15) is 11.8 Å². The first-order valence-corrected chi connectivity index (χ1v) is 7.34. The van der Waals surface area contributed by atoms with Crippen LogP contribution in [0.5, 0.6) is 5.75 Å². The SMILES string of the molecule is COc1ccc(/C=C/C(=O)O)cc1CSCC(C)C. The Hall–Kier alpha value is -1.42. The molecule has 0 aliphatic carbocycles. The van der Waals surface area contributed by atoms with Gasteiger partial charge in [-0.25, -0.2) is 4.79 Å². The molecule has 3 nitrogen and oxygen atoms in total. The van der Waals surface area contributed by atoms with Gasteiger partial charge in [0, 0.05) is 17.4 Å². The van der Waals surface area contributed by atoms with Gasteiger partial charge in [0.2, 0.25) is 0 Å². The lowest BCUT2D eigenvalue weighted by atomic mass is 10.1. The summed E-state index contributed by atoms with van der Waals surface area (Å²) in [4.78, 5) is 10.5. The Kier molecular flexibility index (Phi) is 6.50. The Labute approximate surface area is 118 Å². The van der Waals surface area contributed by atoms with Gasteiger partial charge in [0.05, 0.1) is 7.11 Å². The fraction of sp³-hybridized carbons (Fsp3) is 0.400. The number of hydrogen-bond donors (Lipinski definition) is 1. The minimum absolute atomic E-state index is 0.658. The van der Waals surface area contributed by atoms with Crippen LogP contribution in [0.25, 0.3) is 6.08 Å². The summed E-state index contributed by atoms with van der Waals surface area (Å²) in [6.45, 7) is 4.38. The van der Waals surface area contributed by atoms with Gasteiger partial charge in [0.25, 0.3) is 0 Å². The first-order chi connectivity index (χ1) is 9.02. The van der Waals surface area contributed by atoms with Gasteiger partial charge in [0.15, 0.2) is 0 Å². The molecule has 4 heteroatoms. The van der Waals surface area contributed by atoms with Gasteiger partial charge < -0.3 is 9.84 Å². The molecule has 0 amide bonds. The molecule has 1 rings (SSSR count). The molecule has 0 spiro atoms. The summed E-state index contributed by atoms with van der Waals surface area (Å²) in [7, 11) is 1.65. The van der Waals surface area contributed by atoms with E-state index in [0.29, 0.717) is 5.92 Å². The van der Waals surface area contributed by atoms with Crippen molar-refractivity contribution in [3.8, 4) is 5.75 Å². The van der Waals surface area contributed by atoms with E-state index in [1.807, 2.05) is 30.0 Å². The lowest BCUT2D eigenvalue weighted by molar-refractivity contribution is -0.131. The first-order valence-electron chi connectivity index (χ1n) is 6.18. The molecule has 0 bridgehead atoms. The highest BCUT2D eigenvalue weighted by atomic mass is 32.2. The van der Waals surface area contributed by atoms with Gasteiger partial charge in [-0.05, 0) is 35.4 Å². The standard InChI is InChI=1S/C15H20O3S/c1-11(2)9-19-10-13-8-12(5-7-15(16)17)4-6-14(13)18-3/h4-8,11H,9-10H2,1-3H3,(H,16,17)/b7-5+. The number of carboxylic acid groups (broad SMARTS) is 1. The molecule has 0 saturated heterocycles. The van der Waals surface area contributed by atoms with Crippen molar-refractivity contribution < 1.29 is 14.6 Å². The molecule has 0 heterocycles. The third-order valence-electron chi connectivity index (χ3n) is 2.43. The number of carboxylic acids is 1. The van der Waals surface area contributed by atoms with Crippen molar-refractivity contribution in [1.82, 2.24) is 0 Å². The third kappa shape index (κ3) is 5.83. The van der Waals surface area contributed by atoms with E-state index in [9.17, 15) is 4.79 Å². The molecule has 1 aromatic carbocycles. The maximum atomic E-state index is 10.5. The number of hydrogen-bond acceptors (Lipinski definition) is 3. The monoisotopic (exact) mass is 280 g/mol. The Morgan fingerprint density at radius 2 is 2.21 bits per heavy atom. The van der Waals surface area contributed by atoms with E-state index in [0.717, 1.165) is 34.5 Å². The number of benzene rings is 1. The molecule has 0 aliphatic rings. The fourth-order valence-electron chi connectivity index (χ4n) is 1.59. The van der Waals surface area contributed by atoms with Crippen LogP contribution in [0.1, 0.15) is 25.0 Å². The highest BCUT2D eigenvalue weighted by molar-refractivity contribution is 7.98. The van der Waals surface area contributed by atoms with Crippen molar-refractivity contribution in [2.45, 2.75) is 19.6 Å². The molecule has 0 aromatic heterocycles. The largest absolute Gasteiger partial charge is 0.496 e. The van der Waals surface area contributed by atoms with E-state index in [4.69, 9.17) is 9.84 Å². The van der Waals surface area contributed by atoms with Gasteiger partial charge in [-0.15, -0.1) is 0 Å². The maximum absolute atomic E-state index is 10.5. The minimum Gasteiger partial charge on any atom is -0.496 e. The second kappa shape index (κ2) is 7.89. The Morgan fingerprint density at radius 1 is 1.47 bits per heavy atom. The number of methoxy groups -OCH3 is 1. The number of ether oxygens (including phenoxy) is 1. The second-order valence-corrected chi connectivity index (χ2v) is 5.68. The second-order valence-electron chi connectivity index (χ2n) is 4.65. The van der Waals surface area contributed by atoms with Crippen molar-refractivity contribution in [3.63, 3.8) is 0 Å². The number of carbonyl (C=O) groups is 1. The molecule has 1 aromatic rings. The van der Waals surface area contributed by atoms with Gasteiger partial charge in [-0.3, -0.25) is 0 Å². The number of rotatable bonds is 7. The van der Waals surface area contributed by atoms with Crippen molar-refractivity contribution in [1.29, 1.82) is 0 Å². The molecule has 0 aliphatic heterocycles. The lowest BCUT2D eigenvalue weighted by Crippen LogP contribution is -1.95. The summed E-state index contributed by atoms with van der Waals surface area (Å²) < 4.78 is 5.33. The van der Waals surface area contributed by atoms with Crippen LogP contribution in [0.15, 0.2) is 24.3 Å². The molecule has 0 unspecified atom stereocenters. The molecule has 1 N–H and O–H groups in total. The Bertz CT molecular complexity index is 453. The van der Waals surface area contributed by atoms with Crippen LogP contribution in [0.3, 0.4) is 0 Å². The summed E-state index contributed by atoms with van der Waals surface area (Å²) in [5, 5.41) is 8.63. The van der Waals surface area contributed by atoms with E-state index in [2.05, 4.69) is 13.8 Å². The zero-order valence-corrected chi connectivity index (χ0v) is 12.4. The Balaban J connectivity index is 2.80. The van der Waals surface area contributed by atoms with Crippen molar-refractivity contribution in [2.24, 2.45) is 5.92 Å². The first kappa shape index (κ1) is 15.6. The number of thioether (sulfide) groups is 1. The molecule has 104 valence electrons. The summed E-state index contributed by atoms with van der Waals surface area (Å²) in [5.41, 5.74) is 1.98. The highest BCUT2D eigenvalue weighted by Gasteiger charge is 2.05. The van der Waals surface area contributed by atoms with Gasteiger partial charge >= 0.3 is 5.97 Å². The van der Waals surface area contributed by atoms with Crippen molar-refractivity contribution in [3.05, 3.63) is 35.4 Å². The van der Waals surface area contributed by atoms with Crippen LogP contribution in [-0.4, -0.2) is 23.9 Å². The summed E-state index contributed by atoms with van der Waals surface area (Å²) in [5.74, 6) is 2.54. The molecular weight excluding hydrogens is 260 g/mol. The fourth-order valence-corrected chi connectivity index (χ4v) is 2.62. The predicted octanol–water partition coefficient (Wildman–Crippen LogP) is 3.68. The lowest BCUT2D eigenvalue weighted by Gasteiger charge is -2.10. The smallest absolute Gasteiger partial charge is 0.328 e. The van der Waals surface area contributed by atoms with E-state index in [1.165, 1.54) is 0 Å². The van der Waals surface area contributed by atoms with Crippen molar-refractivity contribution >= 4 is 23.8 Å². The van der Waals surface area contributed by atoms with Gasteiger partial charge in [0.1, 0.15) is 5.75 Å².